The van der Waals surface area contributed by atoms with Crippen molar-refractivity contribution in [3.63, 3.8) is 0 Å². The molecule has 2 aliphatic rings. The summed E-state index contributed by atoms with van der Waals surface area (Å²) in [6, 6.07) is 5.06. The lowest BCUT2D eigenvalue weighted by atomic mass is 9.82. The fourth-order valence-corrected chi connectivity index (χ4v) is 4.29. The number of hydrogen-bond acceptors (Lipinski definition) is 3. The maximum atomic E-state index is 13.4. The number of methoxy groups -OCH3 is 1. The van der Waals surface area contributed by atoms with Gasteiger partial charge in [-0.2, -0.15) is 0 Å². The fourth-order valence-electron chi connectivity index (χ4n) is 4.13. The minimum atomic E-state index is -0.121. The van der Waals surface area contributed by atoms with Gasteiger partial charge in [-0.3, -0.25) is 9.59 Å². The highest BCUT2D eigenvalue weighted by Crippen LogP contribution is 2.32. The molecule has 142 valence electrons. The molecule has 0 spiro atoms. The van der Waals surface area contributed by atoms with Gasteiger partial charge in [0, 0.05) is 24.2 Å². The highest BCUT2D eigenvalue weighted by molar-refractivity contribution is 6.30. The lowest BCUT2D eigenvalue weighted by Gasteiger charge is -2.40. The van der Waals surface area contributed by atoms with Crippen LogP contribution in [-0.2, 0) is 4.79 Å². The molecule has 2 unspecified atom stereocenters. The second-order valence-electron chi connectivity index (χ2n) is 7.15. The first-order valence-electron chi connectivity index (χ1n) is 9.54. The van der Waals surface area contributed by atoms with E-state index in [0.29, 0.717) is 22.9 Å². The second-order valence-corrected chi connectivity index (χ2v) is 7.59. The van der Waals surface area contributed by atoms with Crippen LogP contribution in [0.5, 0.6) is 5.75 Å². The Hall–Kier alpha value is -1.75. The third-order valence-corrected chi connectivity index (χ3v) is 5.73. The van der Waals surface area contributed by atoms with Crippen molar-refractivity contribution < 1.29 is 14.3 Å². The summed E-state index contributed by atoms with van der Waals surface area (Å²) in [6.07, 6.45) is 6.71. The molecule has 2 atom stereocenters. The largest absolute Gasteiger partial charge is 0.496 e. The molecule has 26 heavy (non-hydrogen) atoms. The SMILES string of the molecule is COc1cc(Cl)ccc1C(=O)N1CCCCCNC(=O)C2CCCCC21. The molecule has 1 saturated carbocycles. The number of benzene rings is 1. The van der Waals surface area contributed by atoms with Crippen LogP contribution in [-0.4, -0.2) is 43.0 Å². The summed E-state index contributed by atoms with van der Waals surface area (Å²) in [4.78, 5) is 28.0. The van der Waals surface area contributed by atoms with Gasteiger partial charge in [0.2, 0.25) is 5.91 Å². The molecule has 0 aromatic heterocycles. The van der Waals surface area contributed by atoms with Gasteiger partial charge in [0.1, 0.15) is 5.75 Å². The highest BCUT2D eigenvalue weighted by Gasteiger charge is 2.37. The predicted octanol–water partition coefficient (Wildman–Crippen LogP) is 3.65. The summed E-state index contributed by atoms with van der Waals surface area (Å²) in [6.45, 7) is 1.42. The highest BCUT2D eigenvalue weighted by atomic mass is 35.5. The van der Waals surface area contributed by atoms with E-state index in [4.69, 9.17) is 16.3 Å². The molecule has 0 radical (unpaired) electrons. The van der Waals surface area contributed by atoms with Crippen molar-refractivity contribution in [2.75, 3.05) is 20.2 Å². The van der Waals surface area contributed by atoms with Crippen LogP contribution in [0, 0.1) is 5.92 Å². The summed E-state index contributed by atoms with van der Waals surface area (Å²) >= 11 is 6.05. The summed E-state index contributed by atoms with van der Waals surface area (Å²) in [5.41, 5.74) is 0.513. The molecular weight excluding hydrogens is 352 g/mol. The summed E-state index contributed by atoms with van der Waals surface area (Å²) in [5.74, 6) is 0.391. The average Bonchev–Trinajstić information content (AvgIpc) is 2.66. The molecule has 1 aromatic carbocycles. The zero-order valence-electron chi connectivity index (χ0n) is 15.3. The Morgan fingerprint density at radius 2 is 2.00 bits per heavy atom. The topological polar surface area (TPSA) is 58.6 Å². The van der Waals surface area contributed by atoms with E-state index in [0.717, 1.165) is 51.5 Å². The van der Waals surface area contributed by atoms with Crippen LogP contribution in [0.4, 0.5) is 0 Å². The zero-order valence-corrected chi connectivity index (χ0v) is 16.1. The summed E-state index contributed by atoms with van der Waals surface area (Å²) in [5, 5.41) is 3.60. The quantitative estimate of drug-likeness (QED) is 0.854. The molecule has 2 fully saturated rings. The van der Waals surface area contributed by atoms with Gasteiger partial charge in [-0.15, -0.1) is 0 Å². The number of fused-ring (bicyclic) bond motifs is 1. The Labute approximate surface area is 160 Å². The summed E-state index contributed by atoms with van der Waals surface area (Å²) in [7, 11) is 1.54. The first kappa shape index (κ1) is 19.0. The van der Waals surface area contributed by atoms with Crippen LogP contribution in [0.15, 0.2) is 18.2 Å². The molecule has 1 aromatic rings. The molecule has 1 heterocycles. The van der Waals surface area contributed by atoms with Gasteiger partial charge in [-0.25, -0.2) is 0 Å². The molecular formula is C20H27ClN2O3. The molecule has 1 aliphatic carbocycles. The lowest BCUT2D eigenvalue weighted by Crippen LogP contribution is -2.51. The molecule has 1 saturated heterocycles. The number of carbonyl (C=O) groups excluding carboxylic acids is 2. The van der Waals surface area contributed by atoms with Crippen LogP contribution in [0.2, 0.25) is 5.02 Å². The van der Waals surface area contributed by atoms with Crippen molar-refractivity contribution in [3.8, 4) is 5.75 Å². The van der Waals surface area contributed by atoms with Crippen molar-refractivity contribution in [2.24, 2.45) is 5.92 Å². The average molecular weight is 379 g/mol. The van der Waals surface area contributed by atoms with Crippen LogP contribution >= 0.6 is 11.6 Å². The lowest BCUT2D eigenvalue weighted by molar-refractivity contribution is -0.128. The minimum absolute atomic E-state index is 0.0465. The third kappa shape index (κ3) is 4.14. The molecule has 2 amide bonds. The van der Waals surface area contributed by atoms with E-state index in [2.05, 4.69) is 5.32 Å². The number of ether oxygens (including phenoxy) is 1. The molecule has 0 bridgehead atoms. The second kappa shape index (κ2) is 8.76. The van der Waals surface area contributed by atoms with E-state index in [1.807, 2.05) is 4.90 Å². The molecule has 5 nitrogen and oxygen atoms in total. The van der Waals surface area contributed by atoms with Crippen molar-refractivity contribution in [3.05, 3.63) is 28.8 Å². The Kier molecular flexibility index (Phi) is 6.41. The van der Waals surface area contributed by atoms with Gasteiger partial charge in [-0.05, 0) is 50.3 Å². The monoisotopic (exact) mass is 378 g/mol. The van der Waals surface area contributed by atoms with E-state index in [1.165, 1.54) is 0 Å². The van der Waals surface area contributed by atoms with Gasteiger partial charge in [0.15, 0.2) is 0 Å². The predicted molar refractivity (Wildman–Crippen MR) is 102 cm³/mol. The van der Waals surface area contributed by atoms with Gasteiger partial charge in [0.25, 0.3) is 5.91 Å². The van der Waals surface area contributed by atoms with E-state index in [9.17, 15) is 9.59 Å². The number of carbonyl (C=O) groups is 2. The van der Waals surface area contributed by atoms with Crippen molar-refractivity contribution >= 4 is 23.4 Å². The Morgan fingerprint density at radius 1 is 1.19 bits per heavy atom. The molecule has 3 rings (SSSR count). The number of hydrogen-bond donors (Lipinski definition) is 1. The van der Waals surface area contributed by atoms with Crippen LogP contribution in [0.25, 0.3) is 0 Å². The standard InChI is InChI=1S/C20H27ClN2O3/c1-26-18-13-14(21)9-10-16(18)20(25)23-12-6-2-5-11-22-19(24)15-7-3-4-8-17(15)23/h9-10,13,15,17H,2-8,11-12H2,1H3,(H,22,24). The maximum absolute atomic E-state index is 13.4. The number of nitrogens with zero attached hydrogens (tertiary/aromatic N) is 1. The fraction of sp³-hybridized carbons (Fsp3) is 0.600. The molecule has 1 aliphatic heterocycles. The van der Waals surface area contributed by atoms with Crippen LogP contribution in [0.3, 0.4) is 0 Å². The maximum Gasteiger partial charge on any atom is 0.257 e. The van der Waals surface area contributed by atoms with E-state index < -0.39 is 0 Å². The van der Waals surface area contributed by atoms with Gasteiger partial charge < -0.3 is 15.0 Å². The van der Waals surface area contributed by atoms with Crippen molar-refractivity contribution in [1.29, 1.82) is 0 Å². The van der Waals surface area contributed by atoms with Crippen molar-refractivity contribution in [2.45, 2.75) is 51.0 Å². The Balaban J connectivity index is 1.92. The number of rotatable bonds is 2. The Bertz CT molecular complexity index is 664. The molecule has 1 N–H and O–H groups in total. The van der Waals surface area contributed by atoms with Crippen molar-refractivity contribution in [1.82, 2.24) is 10.2 Å². The van der Waals surface area contributed by atoms with Gasteiger partial charge >= 0.3 is 0 Å². The normalized spacial score (nSPS) is 24.4. The third-order valence-electron chi connectivity index (χ3n) is 5.50. The zero-order chi connectivity index (χ0) is 18.5. The first-order chi connectivity index (χ1) is 12.6. The smallest absolute Gasteiger partial charge is 0.257 e. The van der Waals surface area contributed by atoms with E-state index in [-0.39, 0.29) is 23.8 Å². The molecule has 6 heteroatoms. The van der Waals surface area contributed by atoms with Gasteiger partial charge in [0.05, 0.1) is 18.6 Å². The number of amides is 2. The summed E-state index contributed by atoms with van der Waals surface area (Å²) < 4.78 is 5.38. The van der Waals surface area contributed by atoms with Crippen LogP contribution < -0.4 is 10.1 Å². The first-order valence-corrected chi connectivity index (χ1v) is 9.92. The Morgan fingerprint density at radius 3 is 2.81 bits per heavy atom. The van der Waals surface area contributed by atoms with E-state index >= 15 is 0 Å². The number of halogens is 1. The minimum Gasteiger partial charge on any atom is -0.496 e. The number of nitrogens with one attached hydrogen (secondary N) is 1. The van der Waals surface area contributed by atoms with Gasteiger partial charge in [-0.1, -0.05) is 24.4 Å². The van der Waals surface area contributed by atoms with E-state index in [1.54, 1.807) is 25.3 Å². The van der Waals surface area contributed by atoms with Crippen LogP contribution in [0.1, 0.15) is 55.3 Å².